The maximum Gasteiger partial charge on any atom is 0.213 e. The third-order valence-electron chi connectivity index (χ3n) is 3.74. The van der Waals surface area contributed by atoms with Crippen LogP contribution in [0.25, 0.3) is 0 Å². The molecule has 0 fully saturated rings. The number of halogens is 1. The van der Waals surface area contributed by atoms with Crippen LogP contribution in [0.3, 0.4) is 0 Å². The molecule has 0 spiro atoms. The van der Waals surface area contributed by atoms with Crippen LogP contribution >= 0.6 is 11.6 Å². The zero-order valence-corrected chi connectivity index (χ0v) is 13.3. The Bertz CT molecular complexity index is 702. The zero-order valence-electron chi connectivity index (χ0n) is 12.6. The predicted molar refractivity (Wildman–Crippen MR) is 89.1 cm³/mol. The van der Waals surface area contributed by atoms with E-state index < -0.39 is 0 Å². The Balaban J connectivity index is 1.75. The number of nitrogens with one attached hydrogen (secondary N) is 1. The van der Waals surface area contributed by atoms with Crippen molar-refractivity contribution in [3.8, 4) is 5.88 Å². The topological polar surface area (TPSA) is 37.4 Å². The van der Waals surface area contributed by atoms with Gasteiger partial charge in [0.2, 0.25) is 5.88 Å². The number of aromatic nitrogens is 1. The lowest BCUT2D eigenvalue weighted by atomic mass is 10.0. The molecule has 1 aliphatic rings. The van der Waals surface area contributed by atoms with Crippen LogP contribution in [0.4, 0.5) is 5.69 Å². The first kappa shape index (κ1) is 14.9. The van der Waals surface area contributed by atoms with E-state index in [2.05, 4.69) is 23.5 Å². The maximum absolute atomic E-state index is 6.26. The SMILES string of the molecule is COc1cc(CC2NN(c3ccccc3Cl)C=C2C)ccn1. The molecule has 0 saturated carbocycles. The van der Waals surface area contributed by atoms with E-state index in [1.165, 1.54) is 11.1 Å². The Morgan fingerprint density at radius 2 is 2.14 bits per heavy atom. The first-order chi connectivity index (χ1) is 10.7. The summed E-state index contributed by atoms with van der Waals surface area (Å²) in [6.45, 7) is 2.12. The van der Waals surface area contributed by atoms with Crippen molar-refractivity contribution in [1.29, 1.82) is 0 Å². The van der Waals surface area contributed by atoms with Crippen molar-refractivity contribution in [2.45, 2.75) is 19.4 Å². The van der Waals surface area contributed by atoms with Crippen molar-refractivity contribution < 1.29 is 4.74 Å². The molecule has 1 N–H and O–H groups in total. The molecular formula is C17H18ClN3O. The van der Waals surface area contributed by atoms with Crippen molar-refractivity contribution >= 4 is 17.3 Å². The van der Waals surface area contributed by atoms with Crippen molar-refractivity contribution in [2.24, 2.45) is 0 Å². The van der Waals surface area contributed by atoms with Gasteiger partial charge >= 0.3 is 0 Å². The summed E-state index contributed by atoms with van der Waals surface area (Å²) in [5.74, 6) is 0.639. The maximum atomic E-state index is 6.26. The number of hydrazine groups is 1. The number of ether oxygens (including phenoxy) is 1. The lowest BCUT2D eigenvalue weighted by Gasteiger charge is -2.21. The first-order valence-corrected chi connectivity index (χ1v) is 7.52. The van der Waals surface area contributed by atoms with Crippen LogP contribution in [0.2, 0.25) is 5.02 Å². The summed E-state index contributed by atoms with van der Waals surface area (Å²) in [5, 5.41) is 2.71. The lowest BCUT2D eigenvalue weighted by Crippen LogP contribution is -2.37. The van der Waals surface area contributed by atoms with Crippen LogP contribution in [0.15, 0.2) is 54.4 Å². The predicted octanol–water partition coefficient (Wildman–Crippen LogP) is 3.58. The fourth-order valence-corrected chi connectivity index (χ4v) is 2.74. The number of pyridine rings is 1. The molecule has 1 aromatic carbocycles. The Morgan fingerprint density at radius 3 is 2.91 bits per heavy atom. The van der Waals surface area contributed by atoms with Crippen molar-refractivity contribution in [3.63, 3.8) is 0 Å². The number of rotatable bonds is 4. The number of anilines is 1. The second-order valence-electron chi connectivity index (χ2n) is 5.29. The normalized spacial score (nSPS) is 17.5. The third kappa shape index (κ3) is 3.08. The monoisotopic (exact) mass is 315 g/mol. The highest BCUT2D eigenvalue weighted by Crippen LogP contribution is 2.28. The first-order valence-electron chi connectivity index (χ1n) is 7.14. The second kappa shape index (κ2) is 6.38. The van der Waals surface area contributed by atoms with E-state index >= 15 is 0 Å². The lowest BCUT2D eigenvalue weighted by molar-refractivity contribution is 0.397. The molecule has 0 saturated heterocycles. The van der Waals surface area contributed by atoms with Gasteiger partial charge < -0.3 is 4.74 Å². The molecule has 0 bridgehead atoms. The summed E-state index contributed by atoms with van der Waals surface area (Å²) in [7, 11) is 1.63. The molecule has 3 rings (SSSR count). The van der Waals surface area contributed by atoms with Crippen LogP contribution in [-0.2, 0) is 6.42 Å². The molecule has 2 heterocycles. The molecule has 4 nitrogen and oxygen atoms in total. The minimum atomic E-state index is 0.225. The van der Waals surface area contributed by atoms with Crippen LogP contribution in [-0.4, -0.2) is 18.1 Å². The number of benzene rings is 1. The van der Waals surface area contributed by atoms with E-state index in [9.17, 15) is 0 Å². The summed E-state index contributed by atoms with van der Waals surface area (Å²) in [5.41, 5.74) is 6.87. The van der Waals surface area contributed by atoms with E-state index in [4.69, 9.17) is 16.3 Å². The summed E-state index contributed by atoms with van der Waals surface area (Å²) in [6.07, 6.45) is 4.72. The molecule has 0 aliphatic carbocycles. The van der Waals surface area contributed by atoms with Gasteiger partial charge in [-0.25, -0.2) is 10.4 Å². The van der Waals surface area contributed by atoms with Crippen LogP contribution < -0.4 is 15.2 Å². The Hall–Kier alpha value is -2.04. The van der Waals surface area contributed by atoms with Gasteiger partial charge in [0, 0.05) is 18.5 Å². The van der Waals surface area contributed by atoms with Gasteiger partial charge in [-0.15, -0.1) is 0 Å². The van der Waals surface area contributed by atoms with Gasteiger partial charge in [0.05, 0.1) is 23.9 Å². The molecule has 0 radical (unpaired) electrons. The van der Waals surface area contributed by atoms with Crippen LogP contribution in [0, 0.1) is 0 Å². The van der Waals surface area contributed by atoms with Gasteiger partial charge in [0.25, 0.3) is 0 Å². The van der Waals surface area contributed by atoms with E-state index in [1.54, 1.807) is 13.3 Å². The molecule has 2 aromatic rings. The standard InChI is InChI=1S/C17H18ClN3O/c1-12-11-21(16-6-4-3-5-14(16)18)20-15(12)9-13-7-8-19-17(10-13)22-2/h3-8,10-11,15,20H,9H2,1-2H3. The molecule has 5 heteroatoms. The van der Waals surface area contributed by atoms with Gasteiger partial charge in [0.1, 0.15) is 0 Å². The zero-order chi connectivity index (χ0) is 15.5. The largest absolute Gasteiger partial charge is 0.481 e. The van der Waals surface area contributed by atoms with Gasteiger partial charge in [-0.05, 0) is 42.7 Å². The smallest absolute Gasteiger partial charge is 0.213 e. The van der Waals surface area contributed by atoms with E-state index in [-0.39, 0.29) is 6.04 Å². The summed E-state index contributed by atoms with van der Waals surface area (Å²) in [4.78, 5) is 4.14. The number of para-hydroxylation sites is 1. The summed E-state index contributed by atoms with van der Waals surface area (Å²) in [6, 6.07) is 12.0. The highest BCUT2D eigenvalue weighted by atomic mass is 35.5. The molecule has 114 valence electrons. The van der Waals surface area contributed by atoms with Crippen molar-refractivity contribution in [2.75, 3.05) is 12.1 Å². The second-order valence-corrected chi connectivity index (χ2v) is 5.69. The number of hydrogen-bond acceptors (Lipinski definition) is 4. The molecule has 0 amide bonds. The van der Waals surface area contributed by atoms with Gasteiger partial charge in [-0.1, -0.05) is 23.7 Å². The average Bonchev–Trinajstić information content (AvgIpc) is 2.89. The molecular weight excluding hydrogens is 298 g/mol. The van der Waals surface area contributed by atoms with Crippen molar-refractivity contribution in [1.82, 2.24) is 10.4 Å². The Kier molecular flexibility index (Phi) is 4.32. The van der Waals surface area contributed by atoms with Gasteiger partial charge in [-0.2, -0.15) is 0 Å². The highest BCUT2D eigenvalue weighted by molar-refractivity contribution is 6.33. The molecule has 1 aliphatic heterocycles. The summed E-state index contributed by atoms with van der Waals surface area (Å²) >= 11 is 6.26. The molecule has 1 atom stereocenters. The molecule has 22 heavy (non-hydrogen) atoms. The number of hydrogen-bond donors (Lipinski definition) is 1. The van der Waals surface area contributed by atoms with Crippen molar-refractivity contribution in [3.05, 3.63) is 65.0 Å². The van der Waals surface area contributed by atoms with Crippen LogP contribution in [0.5, 0.6) is 5.88 Å². The Labute approximate surface area is 135 Å². The van der Waals surface area contributed by atoms with Gasteiger partial charge in [-0.3, -0.25) is 5.01 Å². The fraction of sp³-hybridized carbons (Fsp3) is 0.235. The highest BCUT2D eigenvalue weighted by Gasteiger charge is 2.23. The molecule has 1 unspecified atom stereocenters. The average molecular weight is 316 g/mol. The number of methoxy groups -OCH3 is 1. The quantitative estimate of drug-likeness (QED) is 0.935. The Morgan fingerprint density at radius 1 is 1.32 bits per heavy atom. The van der Waals surface area contributed by atoms with E-state index in [0.29, 0.717) is 5.88 Å². The fourth-order valence-electron chi connectivity index (χ4n) is 2.52. The minimum Gasteiger partial charge on any atom is -0.481 e. The molecule has 1 aromatic heterocycles. The number of nitrogens with zero attached hydrogens (tertiary/aromatic N) is 2. The van der Waals surface area contributed by atoms with E-state index in [1.807, 2.05) is 41.4 Å². The van der Waals surface area contributed by atoms with Gasteiger partial charge in [0.15, 0.2) is 0 Å². The third-order valence-corrected chi connectivity index (χ3v) is 4.06. The van der Waals surface area contributed by atoms with E-state index in [0.717, 1.165) is 17.1 Å². The van der Waals surface area contributed by atoms with Crippen LogP contribution in [0.1, 0.15) is 12.5 Å². The summed E-state index contributed by atoms with van der Waals surface area (Å²) < 4.78 is 5.18. The minimum absolute atomic E-state index is 0.225.